The molecule has 0 radical (unpaired) electrons. The Bertz CT molecular complexity index is 1410. The Morgan fingerprint density at radius 1 is 0.935 bits per heavy atom. The van der Waals surface area contributed by atoms with Crippen molar-refractivity contribution >= 4 is 10.9 Å². The largest absolute Gasteiger partial charge is 0.454 e. The molecule has 0 aliphatic carbocycles. The molecule has 0 bridgehead atoms. The minimum Gasteiger partial charge on any atom is -0.454 e. The van der Waals surface area contributed by atoms with Crippen molar-refractivity contribution < 1.29 is 13.9 Å². The molecule has 6 heteroatoms. The fraction of sp³-hybridized carbons (Fsp3) is 0.120. The molecule has 3 aliphatic rings. The van der Waals surface area contributed by atoms with Gasteiger partial charge in [0.05, 0.1) is 5.52 Å². The van der Waals surface area contributed by atoms with Gasteiger partial charge in [0.2, 0.25) is 6.79 Å². The van der Waals surface area contributed by atoms with Gasteiger partial charge < -0.3 is 14.0 Å². The Hall–Kier alpha value is -3.93. The summed E-state index contributed by atoms with van der Waals surface area (Å²) in [5.74, 6) is 1.13. The first kappa shape index (κ1) is 17.9. The van der Waals surface area contributed by atoms with Crippen LogP contribution in [0.15, 0.2) is 66.9 Å². The van der Waals surface area contributed by atoms with Gasteiger partial charge in [-0.3, -0.25) is 0 Å². The van der Waals surface area contributed by atoms with Crippen LogP contribution in [0.3, 0.4) is 0 Å². The predicted molar refractivity (Wildman–Crippen MR) is 116 cm³/mol. The smallest absolute Gasteiger partial charge is 0.231 e. The van der Waals surface area contributed by atoms with E-state index in [0.717, 1.165) is 39.0 Å². The van der Waals surface area contributed by atoms with Gasteiger partial charge in [0.1, 0.15) is 17.2 Å². The summed E-state index contributed by atoms with van der Waals surface area (Å²) in [5, 5.41) is 9.94. The topological polar surface area (TPSA) is 49.2 Å². The first-order chi connectivity index (χ1) is 15.2. The molecule has 0 amide bonds. The maximum absolute atomic E-state index is 13.8. The number of ether oxygens (including phenoxy) is 2. The number of nitrogens with zero attached hydrogens (tertiary/aromatic N) is 3. The molecule has 3 aliphatic heterocycles. The van der Waals surface area contributed by atoms with Crippen LogP contribution in [-0.4, -0.2) is 21.6 Å². The zero-order chi connectivity index (χ0) is 20.9. The zero-order valence-corrected chi connectivity index (χ0v) is 16.8. The SMILES string of the molecule is Cc1ccc(-c2nnc3c4cc5c(cc4n(Cc4cccc(F)c4)cc2-3)OCO5)cc1. The lowest BCUT2D eigenvalue weighted by Crippen LogP contribution is -2.04. The maximum Gasteiger partial charge on any atom is 0.231 e. The highest BCUT2D eigenvalue weighted by molar-refractivity contribution is 5.99. The van der Waals surface area contributed by atoms with Crippen LogP contribution >= 0.6 is 0 Å². The maximum atomic E-state index is 13.8. The second-order valence-electron chi connectivity index (χ2n) is 7.79. The van der Waals surface area contributed by atoms with E-state index in [0.29, 0.717) is 18.0 Å². The molecular formula is C25H18FN3O2. The normalized spacial score (nSPS) is 12.7. The highest BCUT2D eigenvalue weighted by Gasteiger charge is 2.24. The van der Waals surface area contributed by atoms with E-state index in [1.54, 1.807) is 12.1 Å². The highest BCUT2D eigenvalue weighted by Crippen LogP contribution is 2.42. The van der Waals surface area contributed by atoms with Crippen molar-refractivity contribution in [3.63, 3.8) is 0 Å². The lowest BCUT2D eigenvalue weighted by molar-refractivity contribution is 0.174. The van der Waals surface area contributed by atoms with Crippen LogP contribution in [0.5, 0.6) is 11.5 Å². The zero-order valence-electron chi connectivity index (χ0n) is 16.8. The Morgan fingerprint density at radius 3 is 2.52 bits per heavy atom. The molecule has 0 saturated carbocycles. The molecule has 0 spiro atoms. The van der Waals surface area contributed by atoms with Gasteiger partial charge in [0.15, 0.2) is 11.5 Å². The third kappa shape index (κ3) is 2.99. The number of aryl methyl sites for hydroxylation is 1. The Kier molecular flexibility index (Phi) is 3.93. The number of hydrogen-bond donors (Lipinski definition) is 0. The molecule has 0 unspecified atom stereocenters. The standard InChI is InChI=1S/C25H18FN3O2/c1-15-5-7-17(8-6-15)24-20-13-29(12-16-3-2-4-18(26)9-16)21-11-23-22(30-14-31-23)10-19(21)25(20)28-27-24/h2-11,13H,12,14H2,1H3. The summed E-state index contributed by atoms with van der Waals surface area (Å²) in [5.41, 5.74) is 6.55. The second-order valence-corrected chi connectivity index (χ2v) is 7.79. The molecular weight excluding hydrogens is 393 g/mol. The Morgan fingerprint density at radius 2 is 1.71 bits per heavy atom. The molecule has 0 aromatic heterocycles. The van der Waals surface area contributed by atoms with E-state index in [4.69, 9.17) is 9.47 Å². The van der Waals surface area contributed by atoms with E-state index >= 15 is 0 Å². The lowest BCUT2D eigenvalue weighted by atomic mass is 10.0. The van der Waals surface area contributed by atoms with Gasteiger partial charge >= 0.3 is 0 Å². The number of halogens is 1. The van der Waals surface area contributed by atoms with Gasteiger partial charge in [-0.25, -0.2) is 4.39 Å². The highest BCUT2D eigenvalue weighted by atomic mass is 19.1. The average molecular weight is 411 g/mol. The van der Waals surface area contributed by atoms with Crippen LogP contribution in [0.4, 0.5) is 4.39 Å². The van der Waals surface area contributed by atoms with Crippen molar-refractivity contribution in [3.8, 4) is 34.0 Å². The molecule has 152 valence electrons. The van der Waals surface area contributed by atoms with E-state index in [2.05, 4.69) is 46.0 Å². The van der Waals surface area contributed by atoms with E-state index in [1.807, 2.05) is 24.4 Å². The molecule has 3 aromatic rings. The fourth-order valence-electron chi connectivity index (χ4n) is 4.11. The van der Waals surface area contributed by atoms with Gasteiger partial charge in [0.25, 0.3) is 0 Å². The summed E-state index contributed by atoms with van der Waals surface area (Å²) in [4.78, 5) is 0. The monoisotopic (exact) mass is 411 g/mol. The molecule has 0 atom stereocenters. The van der Waals surface area contributed by atoms with Crippen molar-refractivity contribution in [1.82, 2.24) is 14.8 Å². The van der Waals surface area contributed by atoms with Crippen molar-refractivity contribution in [2.75, 3.05) is 6.79 Å². The summed E-state index contributed by atoms with van der Waals surface area (Å²) < 4.78 is 27.1. The van der Waals surface area contributed by atoms with Crippen LogP contribution in [0.25, 0.3) is 33.4 Å². The number of fused-ring (bicyclic) bond motifs is 4. The summed E-state index contributed by atoms with van der Waals surface area (Å²) >= 11 is 0. The van der Waals surface area contributed by atoms with E-state index in [1.165, 1.54) is 11.6 Å². The predicted octanol–water partition coefficient (Wildman–Crippen LogP) is 5.43. The van der Waals surface area contributed by atoms with E-state index in [9.17, 15) is 4.39 Å². The summed E-state index contributed by atoms with van der Waals surface area (Å²) in [7, 11) is 0. The van der Waals surface area contributed by atoms with Gasteiger partial charge in [-0.2, -0.15) is 0 Å². The number of benzene rings is 3. The number of aromatic nitrogens is 3. The summed E-state index contributed by atoms with van der Waals surface area (Å²) in [6.07, 6.45) is 2.04. The fourth-order valence-corrected chi connectivity index (χ4v) is 4.11. The van der Waals surface area contributed by atoms with Gasteiger partial charge in [-0.05, 0) is 30.7 Å². The number of rotatable bonds is 3. The van der Waals surface area contributed by atoms with Crippen molar-refractivity contribution in [3.05, 3.63) is 83.8 Å². The minimum atomic E-state index is -0.252. The Labute approximate surface area is 178 Å². The van der Waals surface area contributed by atoms with E-state index in [-0.39, 0.29) is 12.6 Å². The minimum absolute atomic E-state index is 0.194. The van der Waals surface area contributed by atoms with Crippen LogP contribution in [0.2, 0.25) is 0 Å². The van der Waals surface area contributed by atoms with Crippen LogP contribution in [0, 0.1) is 12.7 Å². The molecule has 3 heterocycles. The van der Waals surface area contributed by atoms with Crippen molar-refractivity contribution in [2.24, 2.45) is 0 Å². The summed E-state index contributed by atoms with van der Waals surface area (Å²) in [6.45, 7) is 2.75. The molecule has 6 rings (SSSR count). The molecule has 0 N–H and O–H groups in total. The van der Waals surface area contributed by atoms with Crippen LogP contribution < -0.4 is 9.47 Å². The van der Waals surface area contributed by atoms with Gasteiger partial charge in [0, 0.05) is 35.3 Å². The third-order valence-corrected chi connectivity index (χ3v) is 5.67. The molecule has 0 saturated heterocycles. The van der Waals surface area contributed by atoms with Gasteiger partial charge in [-0.15, -0.1) is 10.2 Å². The number of hydrogen-bond acceptors (Lipinski definition) is 4. The molecule has 3 aromatic carbocycles. The van der Waals surface area contributed by atoms with Crippen molar-refractivity contribution in [1.29, 1.82) is 0 Å². The van der Waals surface area contributed by atoms with Crippen LogP contribution in [0.1, 0.15) is 11.1 Å². The summed E-state index contributed by atoms with van der Waals surface area (Å²) in [6, 6.07) is 18.8. The molecule has 0 fully saturated rings. The average Bonchev–Trinajstić information content (AvgIpc) is 3.40. The lowest BCUT2D eigenvalue weighted by Gasteiger charge is -2.16. The molecule has 31 heavy (non-hydrogen) atoms. The first-order valence-corrected chi connectivity index (χ1v) is 10.1. The molecule has 5 nitrogen and oxygen atoms in total. The first-order valence-electron chi connectivity index (χ1n) is 10.1. The third-order valence-electron chi connectivity index (χ3n) is 5.67. The van der Waals surface area contributed by atoms with Crippen LogP contribution in [-0.2, 0) is 6.54 Å². The number of pyridine rings is 1. The quantitative estimate of drug-likeness (QED) is 0.397. The van der Waals surface area contributed by atoms with E-state index < -0.39 is 0 Å². The Balaban J connectivity index is 1.60. The van der Waals surface area contributed by atoms with Gasteiger partial charge in [-0.1, -0.05) is 42.0 Å². The second kappa shape index (κ2) is 6.80. The van der Waals surface area contributed by atoms with Crippen molar-refractivity contribution in [2.45, 2.75) is 13.5 Å².